The fourth-order valence-electron chi connectivity index (χ4n) is 4.76. The van der Waals surface area contributed by atoms with Gasteiger partial charge in [0.15, 0.2) is 17.1 Å². The number of ether oxygens (including phenoxy) is 2. The molecule has 2 heterocycles. The second-order valence-corrected chi connectivity index (χ2v) is 11.5. The van der Waals surface area contributed by atoms with E-state index in [0.717, 1.165) is 12.8 Å². The Kier molecular flexibility index (Phi) is 11.1. The van der Waals surface area contributed by atoms with Crippen molar-refractivity contribution in [1.82, 2.24) is 0 Å². The molecule has 0 radical (unpaired) electrons. The smallest absolute Gasteiger partial charge is 0.347 e. The first-order valence-electron chi connectivity index (χ1n) is 15.2. The average Bonchev–Trinajstić information content (AvgIpc) is 3.10. The molecule has 0 bridgehead atoms. The van der Waals surface area contributed by atoms with Crippen LogP contribution in [0.1, 0.15) is 58.5 Å². The Morgan fingerprint density at radius 1 is 0.667 bits per heavy atom. The number of hydrogen-bond donors (Lipinski definition) is 0. The molecule has 2 aromatic heterocycles. The standard InChI is InChI=1S/C22H22O5.C16H8Cl2O3/c1-3-10-25-16-12-19(26-11-4-2)17-14-18(22(24)27-20(17)13-16)21(23)15-8-6-5-7-9-15;17-11-6-10-7-12(14(19)9-4-2-1-3-5-9)16(20)21-15(10)13(18)8-11/h5-9,12-14H,3-4,10-11H2,1-2H3;1-8H. The van der Waals surface area contributed by atoms with Crippen molar-refractivity contribution < 1.29 is 27.9 Å². The zero-order valence-electron chi connectivity index (χ0n) is 26.1. The minimum Gasteiger partial charge on any atom is -0.493 e. The van der Waals surface area contributed by atoms with Gasteiger partial charge in [0.2, 0.25) is 0 Å². The molecule has 0 N–H and O–H groups in total. The van der Waals surface area contributed by atoms with E-state index in [2.05, 4.69) is 0 Å². The van der Waals surface area contributed by atoms with Crippen LogP contribution in [0.3, 0.4) is 0 Å². The summed E-state index contributed by atoms with van der Waals surface area (Å²) in [6, 6.07) is 26.7. The summed E-state index contributed by atoms with van der Waals surface area (Å²) in [6.45, 7) is 5.07. The van der Waals surface area contributed by atoms with Crippen molar-refractivity contribution in [3.63, 3.8) is 0 Å². The molecule has 6 rings (SSSR count). The lowest BCUT2D eigenvalue weighted by molar-refractivity contribution is 0.102. The lowest BCUT2D eigenvalue weighted by Gasteiger charge is -2.12. The third-order valence-electron chi connectivity index (χ3n) is 7.04. The van der Waals surface area contributed by atoms with Gasteiger partial charge < -0.3 is 18.3 Å². The predicted molar refractivity (Wildman–Crippen MR) is 186 cm³/mol. The van der Waals surface area contributed by atoms with Gasteiger partial charge in [0.25, 0.3) is 0 Å². The highest BCUT2D eigenvalue weighted by atomic mass is 35.5. The maximum Gasteiger partial charge on any atom is 0.347 e. The van der Waals surface area contributed by atoms with Gasteiger partial charge in [-0.15, -0.1) is 0 Å². The quantitative estimate of drug-likeness (QED) is 0.104. The van der Waals surface area contributed by atoms with Gasteiger partial charge in [-0.05, 0) is 37.1 Å². The van der Waals surface area contributed by atoms with E-state index in [9.17, 15) is 19.2 Å². The van der Waals surface area contributed by atoms with E-state index >= 15 is 0 Å². The molecule has 8 nitrogen and oxygen atoms in total. The van der Waals surface area contributed by atoms with Gasteiger partial charge in [0.1, 0.15) is 28.2 Å². The van der Waals surface area contributed by atoms with Crippen molar-refractivity contribution in [3.8, 4) is 11.5 Å². The molecule has 0 spiro atoms. The van der Waals surface area contributed by atoms with Gasteiger partial charge in [-0.2, -0.15) is 0 Å². The van der Waals surface area contributed by atoms with E-state index in [4.69, 9.17) is 41.5 Å². The number of carbonyl (C=O) groups is 2. The third kappa shape index (κ3) is 7.85. The Hall–Kier alpha value is -5.18. The molecule has 0 fully saturated rings. The molecular weight excluding hydrogens is 655 g/mol. The van der Waals surface area contributed by atoms with E-state index in [1.165, 1.54) is 12.1 Å². The zero-order valence-corrected chi connectivity index (χ0v) is 27.6. The van der Waals surface area contributed by atoms with E-state index < -0.39 is 17.0 Å². The largest absolute Gasteiger partial charge is 0.493 e. The van der Waals surface area contributed by atoms with Crippen LogP contribution in [0.25, 0.3) is 21.9 Å². The van der Waals surface area contributed by atoms with Crippen LogP contribution in [0, 0.1) is 0 Å². The summed E-state index contributed by atoms with van der Waals surface area (Å²) in [5.74, 6) is 0.327. The van der Waals surface area contributed by atoms with Crippen molar-refractivity contribution in [2.24, 2.45) is 0 Å². The Balaban J connectivity index is 0.000000194. The molecule has 244 valence electrons. The minimum absolute atomic E-state index is 0.0164. The molecule has 0 aliphatic heterocycles. The normalized spacial score (nSPS) is 10.8. The lowest BCUT2D eigenvalue weighted by atomic mass is 10.0. The summed E-state index contributed by atoms with van der Waals surface area (Å²) in [6.07, 6.45) is 1.69. The van der Waals surface area contributed by atoms with Crippen molar-refractivity contribution in [3.05, 3.63) is 150 Å². The topological polar surface area (TPSA) is 113 Å². The van der Waals surface area contributed by atoms with Gasteiger partial charge in [0, 0.05) is 33.7 Å². The summed E-state index contributed by atoms with van der Waals surface area (Å²) in [4.78, 5) is 49.5. The second kappa shape index (κ2) is 15.6. The second-order valence-electron chi connectivity index (χ2n) is 10.6. The van der Waals surface area contributed by atoms with E-state index in [1.54, 1.807) is 78.9 Å². The predicted octanol–water partition coefficient (Wildman–Crippen LogP) is 8.93. The highest BCUT2D eigenvalue weighted by Crippen LogP contribution is 2.32. The number of benzene rings is 4. The maximum absolute atomic E-state index is 12.7. The molecule has 4 aromatic carbocycles. The molecule has 0 saturated heterocycles. The van der Waals surface area contributed by atoms with E-state index in [0.29, 0.717) is 57.2 Å². The van der Waals surface area contributed by atoms with Crippen LogP contribution in [-0.2, 0) is 0 Å². The first-order valence-corrected chi connectivity index (χ1v) is 16.0. The molecule has 0 unspecified atom stereocenters. The maximum atomic E-state index is 12.7. The lowest BCUT2D eigenvalue weighted by Crippen LogP contribution is -2.15. The zero-order chi connectivity index (χ0) is 34.2. The number of fused-ring (bicyclic) bond motifs is 2. The van der Waals surface area contributed by atoms with Crippen molar-refractivity contribution in [2.75, 3.05) is 13.2 Å². The molecular formula is C38H30Cl2O8. The molecule has 48 heavy (non-hydrogen) atoms. The first-order chi connectivity index (χ1) is 23.2. The van der Waals surface area contributed by atoms with Gasteiger partial charge >= 0.3 is 11.3 Å². The number of rotatable bonds is 10. The Morgan fingerprint density at radius 2 is 1.23 bits per heavy atom. The minimum atomic E-state index is -0.722. The van der Waals surface area contributed by atoms with Crippen molar-refractivity contribution >= 4 is 56.7 Å². The highest BCUT2D eigenvalue weighted by molar-refractivity contribution is 6.38. The SMILES string of the molecule is CCCOc1cc(OCCC)c2cc(C(=O)c3ccccc3)c(=O)oc2c1.O=C(c1ccccc1)c1cc2cc(Cl)cc(Cl)c2oc1=O. The Bertz CT molecular complexity index is 2210. The van der Waals surface area contributed by atoms with E-state index in [1.807, 2.05) is 19.9 Å². The molecule has 10 heteroatoms. The number of ketones is 2. The number of carbonyl (C=O) groups excluding carboxylic acids is 2. The van der Waals surface area contributed by atoms with Gasteiger partial charge in [-0.3, -0.25) is 9.59 Å². The fourth-order valence-corrected chi connectivity index (χ4v) is 5.31. The van der Waals surface area contributed by atoms with Crippen LogP contribution in [0.4, 0.5) is 0 Å². The van der Waals surface area contributed by atoms with E-state index in [-0.39, 0.29) is 27.5 Å². The monoisotopic (exact) mass is 684 g/mol. The summed E-state index contributed by atoms with van der Waals surface area (Å²) in [7, 11) is 0. The molecule has 0 saturated carbocycles. The molecule has 0 atom stereocenters. The average molecular weight is 686 g/mol. The fraction of sp³-hybridized carbons (Fsp3) is 0.158. The number of hydrogen-bond acceptors (Lipinski definition) is 8. The highest BCUT2D eigenvalue weighted by Gasteiger charge is 2.19. The van der Waals surface area contributed by atoms with Gasteiger partial charge in [-0.25, -0.2) is 9.59 Å². The van der Waals surface area contributed by atoms with Crippen LogP contribution in [0.2, 0.25) is 10.0 Å². The van der Waals surface area contributed by atoms with Crippen LogP contribution < -0.4 is 20.7 Å². The molecule has 0 aliphatic rings. The molecule has 6 aromatic rings. The Morgan fingerprint density at radius 3 is 1.83 bits per heavy atom. The van der Waals surface area contributed by atoms with Crippen molar-refractivity contribution in [2.45, 2.75) is 26.7 Å². The van der Waals surface area contributed by atoms with Crippen LogP contribution in [0.5, 0.6) is 11.5 Å². The summed E-state index contributed by atoms with van der Waals surface area (Å²) < 4.78 is 22.1. The molecule has 0 amide bonds. The third-order valence-corrected chi connectivity index (χ3v) is 7.54. The summed E-state index contributed by atoms with van der Waals surface area (Å²) in [5, 5.41) is 1.71. The van der Waals surface area contributed by atoms with Gasteiger partial charge in [-0.1, -0.05) is 97.7 Å². The van der Waals surface area contributed by atoms with Crippen molar-refractivity contribution in [1.29, 1.82) is 0 Å². The Labute approximate surface area is 285 Å². The summed E-state index contributed by atoms with van der Waals surface area (Å²) in [5.41, 5.74) is -0.0596. The van der Waals surface area contributed by atoms with Crippen LogP contribution >= 0.6 is 23.2 Å². The molecule has 0 aliphatic carbocycles. The summed E-state index contributed by atoms with van der Waals surface area (Å²) >= 11 is 11.9. The first kappa shape index (κ1) is 34.2. The van der Waals surface area contributed by atoms with Crippen LogP contribution in [-0.4, -0.2) is 24.8 Å². The van der Waals surface area contributed by atoms with Crippen LogP contribution in [0.15, 0.2) is 115 Å². The number of halogens is 2. The van der Waals surface area contributed by atoms with Gasteiger partial charge in [0.05, 0.1) is 23.6 Å².